The maximum absolute atomic E-state index is 13.3. The summed E-state index contributed by atoms with van der Waals surface area (Å²) >= 11 is 0. The van der Waals surface area contributed by atoms with Crippen molar-refractivity contribution >= 4 is 10.0 Å². The third-order valence-electron chi connectivity index (χ3n) is 2.56. The Kier molecular flexibility index (Phi) is 5.01. The molecular formula is C12H17FN2O2S. The summed E-state index contributed by atoms with van der Waals surface area (Å²) in [5, 5.41) is 0. The Morgan fingerprint density at radius 2 is 2.17 bits per heavy atom. The number of nitrogens with two attached hydrogens (primary N) is 1. The molecule has 0 aliphatic heterocycles. The zero-order valence-corrected chi connectivity index (χ0v) is 11.1. The van der Waals surface area contributed by atoms with Crippen LogP contribution in [0, 0.1) is 5.82 Å². The summed E-state index contributed by atoms with van der Waals surface area (Å²) in [5.41, 5.74) is 5.55. The largest absolute Gasteiger partial charge is 0.326 e. The van der Waals surface area contributed by atoms with Gasteiger partial charge in [0.25, 0.3) is 0 Å². The summed E-state index contributed by atoms with van der Waals surface area (Å²) in [7, 11) is -3.62. The van der Waals surface area contributed by atoms with Gasteiger partial charge in [-0.2, -0.15) is 4.31 Å². The highest BCUT2D eigenvalue weighted by Crippen LogP contribution is 2.18. The second kappa shape index (κ2) is 6.08. The van der Waals surface area contributed by atoms with Gasteiger partial charge in [-0.3, -0.25) is 0 Å². The quantitative estimate of drug-likeness (QED) is 0.798. The lowest BCUT2D eigenvalue weighted by Gasteiger charge is -2.19. The summed E-state index contributed by atoms with van der Waals surface area (Å²) in [4.78, 5) is 0.0491. The first-order chi connectivity index (χ1) is 8.47. The van der Waals surface area contributed by atoms with Crippen LogP contribution in [0.5, 0.6) is 0 Å². The van der Waals surface area contributed by atoms with Gasteiger partial charge in [-0.25, -0.2) is 12.8 Å². The predicted molar refractivity (Wildman–Crippen MR) is 68.9 cm³/mol. The maximum Gasteiger partial charge on any atom is 0.243 e. The molecule has 100 valence electrons. The highest BCUT2D eigenvalue weighted by molar-refractivity contribution is 7.89. The SMILES string of the molecule is C=CCN(CC)S(=O)(=O)c1ccc(F)c(CN)c1. The van der Waals surface area contributed by atoms with E-state index in [0.717, 1.165) is 6.07 Å². The van der Waals surface area contributed by atoms with Gasteiger partial charge in [0.1, 0.15) is 5.82 Å². The molecule has 1 rings (SSSR count). The summed E-state index contributed by atoms with van der Waals surface area (Å²) in [6, 6.07) is 3.64. The summed E-state index contributed by atoms with van der Waals surface area (Å²) in [6.45, 7) is 5.75. The standard InChI is InChI=1S/C12H17FN2O2S/c1-3-7-15(4-2)18(16,17)11-5-6-12(13)10(8-11)9-14/h3,5-6,8H,1,4,7,9,14H2,2H3. The van der Waals surface area contributed by atoms with E-state index in [9.17, 15) is 12.8 Å². The van der Waals surface area contributed by atoms with Crippen LogP contribution in [0.3, 0.4) is 0 Å². The smallest absolute Gasteiger partial charge is 0.243 e. The Bertz CT molecular complexity index is 529. The van der Waals surface area contributed by atoms with Crippen LogP contribution >= 0.6 is 0 Å². The van der Waals surface area contributed by atoms with E-state index in [4.69, 9.17) is 5.73 Å². The Morgan fingerprint density at radius 1 is 1.50 bits per heavy atom. The Hall–Kier alpha value is -1.24. The van der Waals surface area contributed by atoms with E-state index in [1.807, 2.05) is 0 Å². The molecule has 0 atom stereocenters. The highest BCUT2D eigenvalue weighted by Gasteiger charge is 2.22. The number of hydrogen-bond acceptors (Lipinski definition) is 3. The van der Waals surface area contributed by atoms with Crippen molar-refractivity contribution in [1.82, 2.24) is 4.31 Å². The lowest BCUT2D eigenvalue weighted by Crippen LogP contribution is -2.31. The molecule has 4 nitrogen and oxygen atoms in total. The van der Waals surface area contributed by atoms with Crippen molar-refractivity contribution in [3.63, 3.8) is 0 Å². The lowest BCUT2D eigenvalue weighted by molar-refractivity contribution is 0.459. The van der Waals surface area contributed by atoms with Crippen LogP contribution in [0.25, 0.3) is 0 Å². The van der Waals surface area contributed by atoms with Crippen LogP contribution in [-0.2, 0) is 16.6 Å². The molecule has 0 radical (unpaired) electrons. The molecule has 1 aromatic carbocycles. The van der Waals surface area contributed by atoms with E-state index in [0.29, 0.717) is 6.54 Å². The van der Waals surface area contributed by atoms with Crippen molar-refractivity contribution in [1.29, 1.82) is 0 Å². The fraction of sp³-hybridized carbons (Fsp3) is 0.333. The van der Waals surface area contributed by atoms with Gasteiger partial charge in [0.05, 0.1) is 4.90 Å². The molecule has 2 N–H and O–H groups in total. The molecule has 0 bridgehead atoms. The number of hydrogen-bond donors (Lipinski definition) is 1. The second-order valence-corrected chi connectivity index (χ2v) is 5.64. The fourth-order valence-corrected chi connectivity index (χ4v) is 3.03. The molecule has 0 aromatic heterocycles. The molecule has 0 saturated carbocycles. The van der Waals surface area contributed by atoms with E-state index in [-0.39, 0.29) is 23.5 Å². The third kappa shape index (κ3) is 2.95. The van der Waals surface area contributed by atoms with Gasteiger partial charge < -0.3 is 5.73 Å². The number of nitrogens with zero attached hydrogens (tertiary/aromatic N) is 1. The summed E-state index contributed by atoms with van der Waals surface area (Å²) in [5.74, 6) is -0.497. The second-order valence-electron chi connectivity index (χ2n) is 3.70. The lowest BCUT2D eigenvalue weighted by atomic mass is 10.2. The molecule has 18 heavy (non-hydrogen) atoms. The molecule has 0 fully saturated rings. The van der Waals surface area contributed by atoms with Crippen molar-refractivity contribution in [3.8, 4) is 0 Å². The molecule has 0 amide bonds. The molecule has 0 heterocycles. The van der Waals surface area contributed by atoms with Crippen LogP contribution in [-0.4, -0.2) is 25.8 Å². The Morgan fingerprint density at radius 3 is 2.67 bits per heavy atom. The van der Waals surface area contributed by atoms with Crippen molar-refractivity contribution in [2.75, 3.05) is 13.1 Å². The van der Waals surface area contributed by atoms with Crippen LogP contribution < -0.4 is 5.73 Å². The minimum absolute atomic E-state index is 0.0389. The van der Waals surface area contributed by atoms with Crippen LogP contribution in [0.15, 0.2) is 35.7 Å². The average molecular weight is 272 g/mol. The monoisotopic (exact) mass is 272 g/mol. The fourth-order valence-electron chi connectivity index (χ4n) is 1.56. The molecule has 6 heteroatoms. The van der Waals surface area contributed by atoms with Crippen LogP contribution in [0.2, 0.25) is 0 Å². The minimum Gasteiger partial charge on any atom is -0.326 e. The van der Waals surface area contributed by atoms with Gasteiger partial charge >= 0.3 is 0 Å². The number of likely N-dealkylation sites (N-methyl/N-ethyl adjacent to an activating group) is 1. The number of rotatable bonds is 6. The first-order valence-corrected chi connectivity index (χ1v) is 7.00. The summed E-state index contributed by atoms with van der Waals surface area (Å²) in [6.07, 6.45) is 1.51. The Balaban J connectivity index is 3.23. The maximum atomic E-state index is 13.3. The Labute approximate surface area is 107 Å². The van der Waals surface area contributed by atoms with Crippen LogP contribution in [0.4, 0.5) is 4.39 Å². The number of halogens is 1. The molecule has 0 aliphatic rings. The van der Waals surface area contributed by atoms with Crippen molar-refractivity contribution in [3.05, 3.63) is 42.2 Å². The van der Waals surface area contributed by atoms with Gasteiger partial charge in [0.15, 0.2) is 0 Å². The van der Waals surface area contributed by atoms with E-state index in [1.165, 1.54) is 22.5 Å². The zero-order chi connectivity index (χ0) is 13.8. The molecule has 0 spiro atoms. The van der Waals surface area contributed by atoms with Gasteiger partial charge in [0.2, 0.25) is 10.0 Å². The number of benzene rings is 1. The van der Waals surface area contributed by atoms with Gasteiger partial charge in [-0.1, -0.05) is 13.0 Å². The third-order valence-corrected chi connectivity index (χ3v) is 4.50. The first kappa shape index (κ1) is 14.8. The molecular weight excluding hydrogens is 255 g/mol. The first-order valence-electron chi connectivity index (χ1n) is 5.56. The highest BCUT2D eigenvalue weighted by atomic mass is 32.2. The van der Waals surface area contributed by atoms with E-state index < -0.39 is 15.8 Å². The van der Waals surface area contributed by atoms with Crippen LogP contribution in [0.1, 0.15) is 12.5 Å². The van der Waals surface area contributed by atoms with E-state index in [1.54, 1.807) is 6.92 Å². The van der Waals surface area contributed by atoms with Crippen molar-refractivity contribution in [2.24, 2.45) is 5.73 Å². The average Bonchev–Trinajstić information content (AvgIpc) is 2.35. The van der Waals surface area contributed by atoms with Gasteiger partial charge in [-0.15, -0.1) is 6.58 Å². The zero-order valence-electron chi connectivity index (χ0n) is 10.3. The number of sulfonamides is 1. The van der Waals surface area contributed by atoms with Crippen molar-refractivity contribution < 1.29 is 12.8 Å². The molecule has 0 saturated heterocycles. The predicted octanol–water partition coefficient (Wildman–Crippen LogP) is 1.48. The van der Waals surface area contributed by atoms with Crippen molar-refractivity contribution in [2.45, 2.75) is 18.4 Å². The molecule has 0 unspecified atom stereocenters. The normalized spacial score (nSPS) is 11.8. The topological polar surface area (TPSA) is 63.4 Å². The van der Waals surface area contributed by atoms with E-state index in [2.05, 4.69) is 6.58 Å². The summed E-state index contributed by atoms with van der Waals surface area (Å²) < 4.78 is 39.0. The van der Waals surface area contributed by atoms with E-state index >= 15 is 0 Å². The van der Waals surface area contributed by atoms with Gasteiger partial charge in [0, 0.05) is 25.2 Å². The minimum atomic E-state index is -3.62. The van der Waals surface area contributed by atoms with Gasteiger partial charge in [-0.05, 0) is 18.2 Å². The molecule has 1 aromatic rings. The molecule has 0 aliphatic carbocycles.